The summed E-state index contributed by atoms with van der Waals surface area (Å²) < 4.78 is 12.3. The number of hydrogen-bond donors (Lipinski definition) is 1. The molecule has 5 atom stereocenters. The molecule has 4 heterocycles. The fourth-order valence-electron chi connectivity index (χ4n) is 6.73. The molecule has 1 spiro atoms. The zero-order chi connectivity index (χ0) is 26.4. The lowest BCUT2D eigenvalue weighted by Crippen LogP contribution is -2.56. The molecule has 0 saturated carbocycles. The van der Waals surface area contributed by atoms with Crippen LogP contribution in [0, 0.1) is 25.7 Å². The van der Waals surface area contributed by atoms with Crippen molar-refractivity contribution in [2.75, 3.05) is 31.2 Å². The van der Waals surface area contributed by atoms with Crippen molar-refractivity contribution in [3.63, 3.8) is 0 Å². The standard InChI is InChI=1S/C29H36N2O6/c1-19-11-9-12-20(2)23(19)30-16-10-14-29-21(22-27(35)36-18-8-5-13-28(22,3)37-29)25(33)31(24(29)26(30)34)15-6-4-7-17-32/h5,9-14,21-22,24,32H,4,6-8,15-18H2,1-3H3/t21-,22-,24?,28+,29-/m0/s1. The van der Waals surface area contributed by atoms with Crippen LogP contribution in [0.25, 0.3) is 0 Å². The maximum Gasteiger partial charge on any atom is 0.313 e. The molecule has 1 unspecified atom stereocenters. The van der Waals surface area contributed by atoms with Gasteiger partial charge in [-0.2, -0.15) is 0 Å². The van der Waals surface area contributed by atoms with Crippen molar-refractivity contribution >= 4 is 23.5 Å². The second kappa shape index (κ2) is 9.72. The molecule has 1 N–H and O–H groups in total. The predicted octanol–water partition coefficient (Wildman–Crippen LogP) is 2.84. The molecule has 1 aromatic carbocycles. The van der Waals surface area contributed by atoms with Gasteiger partial charge in [-0.1, -0.05) is 42.5 Å². The number of cyclic esters (lactones) is 1. The van der Waals surface area contributed by atoms with Crippen LogP contribution in [0.5, 0.6) is 0 Å². The van der Waals surface area contributed by atoms with Gasteiger partial charge in [0.1, 0.15) is 17.6 Å². The van der Waals surface area contributed by atoms with E-state index in [9.17, 15) is 19.5 Å². The Kier molecular flexibility index (Phi) is 6.75. The highest BCUT2D eigenvalue weighted by molar-refractivity contribution is 6.06. The number of unbranched alkanes of at least 4 members (excludes halogenated alkanes) is 2. The van der Waals surface area contributed by atoms with Crippen LogP contribution in [-0.2, 0) is 23.9 Å². The van der Waals surface area contributed by atoms with Gasteiger partial charge in [0.05, 0.1) is 18.1 Å². The van der Waals surface area contributed by atoms with Gasteiger partial charge in [0.25, 0.3) is 5.91 Å². The van der Waals surface area contributed by atoms with E-state index in [0.29, 0.717) is 32.4 Å². The molecule has 8 nitrogen and oxygen atoms in total. The molecule has 5 rings (SSSR count). The number of rotatable bonds is 6. The molecule has 2 amide bonds. The summed E-state index contributed by atoms with van der Waals surface area (Å²) in [5.41, 5.74) is 0.419. The first-order chi connectivity index (χ1) is 17.7. The molecule has 0 radical (unpaired) electrons. The van der Waals surface area contributed by atoms with Gasteiger partial charge < -0.3 is 24.4 Å². The molecule has 1 aromatic rings. The van der Waals surface area contributed by atoms with Gasteiger partial charge in [0.15, 0.2) is 0 Å². The SMILES string of the molecule is Cc1cccc(C)c1N1CC=C[C@]23O[C@]4(C)C=CCCOC(=O)[C@@H]4[C@H]2C(=O)N(CCCCCO)C3C1=O. The summed E-state index contributed by atoms with van der Waals surface area (Å²) in [7, 11) is 0. The lowest BCUT2D eigenvalue weighted by molar-refractivity contribution is -0.159. The number of anilines is 1. The number of ether oxygens (including phenoxy) is 2. The average molecular weight is 509 g/mol. The molecule has 8 heteroatoms. The van der Waals surface area contributed by atoms with Crippen molar-refractivity contribution in [1.29, 1.82) is 0 Å². The van der Waals surface area contributed by atoms with Gasteiger partial charge in [-0.25, -0.2) is 0 Å². The highest BCUT2D eigenvalue weighted by Gasteiger charge is 2.74. The van der Waals surface area contributed by atoms with Crippen LogP contribution in [-0.4, -0.2) is 71.3 Å². The van der Waals surface area contributed by atoms with Crippen LogP contribution in [0.3, 0.4) is 0 Å². The first kappa shape index (κ1) is 25.7. The molecule has 4 aliphatic rings. The van der Waals surface area contributed by atoms with Crippen molar-refractivity contribution in [3.8, 4) is 0 Å². The number of carbonyl (C=O) groups is 3. The van der Waals surface area contributed by atoms with E-state index in [1.165, 1.54) is 0 Å². The Bertz CT molecular complexity index is 1140. The number of para-hydroxylation sites is 1. The zero-order valence-corrected chi connectivity index (χ0v) is 21.8. The lowest BCUT2D eigenvalue weighted by Gasteiger charge is -2.38. The summed E-state index contributed by atoms with van der Waals surface area (Å²) in [5, 5.41) is 9.23. The summed E-state index contributed by atoms with van der Waals surface area (Å²) in [6.45, 7) is 6.78. The highest BCUT2D eigenvalue weighted by Crippen LogP contribution is 2.57. The van der Waals surface area contributed by atoms with Crippen molar-refractivity contribution in [2.45, 2.75) is 63.7 Å². The van der Waals surface area contributed by atoms with Crippen molar-refractivity contribution in [2.24, 2.45) is 11.8 Å². The third-order valence-electron chi connectivity index (χ3n) is 8.29. The number of aliphatic hydroxyl groups excluding tert-OH is 1. The Hall–Kier alpha value is -2.97. The van der Waals surface area contributed by atoms with Crippen LogP contribution in [0.2, 0.25) is 0 Å². The molecule has 4 aliphatic heterocycles. The quantitative estimate of drug-likeness (QED) is 0.361. The van der Waals surface area contributed by atoms with E-state index in [0.717, 1.165) is 23.2 Å². The van der Waals surface area contributed by atoms with E-state index in [1.54, 1.807) is 9.80 Å². The van der Waals surface area contributed by atoms with E-state index in [1.807, 2.05) is 63.3 Å². The van der Waals surface area contributed by atoms with Gasteiger partial charge in [0.2, 0.25) is 5.91 Å². The van der Waals surface area contributed by atoms with Crippen molar-refractivity contribution < 1.29 is 29.0 Å². The number of benzene rings is 1. The number of likely N-dealkylation sites (tertiary alicyclic amines) is 1. The number of fused-ring (bicyclic) bond motifs is 2. The smallest absolute Gasteiger partial charge is 0.313 e. The maximum atomic E-state index is 14.5. The normalized spacial score (nSPS) is 33.0. The van der Waals surface area contributed by atoms with Crippen molar-refractivity contribution in [1.82, 2.24) is 4.90 Å². The van der Waals surface area contributed by atoms with Crippen LogP contribution >= 0.6 is 0 Å². The summed E-state index contributed by atoms with van der Waals surface area (Å²) >= 11 is 0. The monoisotopic (exact) mass is 508 g/mol. The predicted molar refractivity (Wildman–Crippen MR) is 138 cm³/mol. The van der Waals surface area contributed by atoms with E-state index in [-0.39, 0.29) is 25.0 Å². The molecule has 0 bridgehead atoms. The van der Waals surface area contributed by atoms with Gasteiger partial charge in [-0.15, -0.1) is 0 Å². The molecule has 2 saturated heterocycles. The number of nitrogens with zero attached hydrogens (tertiary/aromatic N) is 2. The van der Waals surface area contributed by atoms with Crippen LogP contribution < -0.4 is 4.90 Å². The number of carbonyl (C=O) groups excluding carboxylic acids is 3. The van der Waals surface area contributed by atoms with Gasteiger partial charge in [0, 0.05) is 25.4 Å². The summed E-state index contributed by atoms with van der Waals surface area (Å²) in [5.74, 6) is -2.65. The van der Waals surface area contributed by atoms with E-state index in [4.69, 9.17) is 9.47 Å². The van der Waals surface area contributed by atoms with Gasteiger partial charge >= 0.3 is 5.97 Å². The number of esters is 1. The Balaban J connectivity index is 1.62. The molecule has 0 aliphatic carbocycles. The molecule has 37 heavy (non-hydrogen) atoms. The van der Waals surface area contributed by atoms with Crippen LogP contribution in [0.15, 0.2) is 42.5 Å². The zero-order valence-electron chi connectivity index (χ0n) is 21.8. The fourth-order valence-corrected chi connectivity index (χ4v) is 6.73. The van der Waals surface area contributed by atoms with E-state index >= 15 is 0 Å². The Morgan fingerprint density at radius 3 is 2.49 bits per heavy atom. The second-order valence-corrected chi connectivity index (χ2v) is 10.8. The topological polar surface area (TPSA) is 96.4 Å². The Labute approximate surface area is 217 Å². The minimum absolute atomic E-state index is 0.0770. The number of aryl methyl sites for hydroxylation is 2. The molecule has 198 valence electrons. The van der Waals surface area contributed by atoms with Crippen molar-refractivity contribution in [3.05, 3.63) is 53.6 Å². The second-order valence-electron chi connectivity index (χ2n) is 10.8. The van der Waals surface area contributed by atoms with Crippen LogP contribution in [0.4, 0.5) is 5.69 Å². The Morgan fingerprint density at radius 1 is 1.00 bits per heavy atom. The summed E-state index contributed by atoms with van der Waals surface area (Å²) in [4.78, 5) is 45.3. The molecular formula is C29H36N2O6. The first-order valence-corrected chi connectivity index (χ1v) is 13.3. The minimum Gasteiger partial charge on any atom is -0.465 e. The molecule has 2 fully saturated rings. The number of aliphatic hydroxyl groups is 1. The highest BCUT2D eigenvalue weighted by atomic mass is 16.6. The third kappa shape index (κ3) is 4.01. The average Bonchev–Trinajstić information content (AvgIpc) is 3.16. The van der Waals surface area contributed by atoms with Crippen LogP contribution in [0.1, 0.15) is 43.7 Å². The largest absolute Gasteiger partial charge is 0.465 e. The van der Waals surface area contributed by atoms with Gasteiger partial charge in [-0.05, 0) is 57.6 Å². The van der Waals surface area contributed by atoms with Gasteiger partial charge in [-0.3, -0.25) is 14.4 Å². The minimum atomic E-state index is -1.29. The maximum absolute atomic E-state index is 14.5. The number of amides is 2. The lowest BCUT2D eigenvalue weighted by atomic mass is 9.74. The first-order valence-electron chi connectivity index (χ1n) is 13.3. The fraction of sp³-hybridized carbons (Fsp3) is 0.552. The summed E-state index contributed by atoms with van der Waals surface area (Å²) in [6.07, 6.45) is 10.1. The molecule has 0 aromatic heterocycles. The molecular weight excluding hydrogens is 472 g/mol. The van der Waals surface area contributed by atoms with E-state index < -0.39 is 35.0 Å². The number of hydrogen-bond acceptors (Lipinski definition) is 6. The summed E-state index contributed by atoms with van der Waals surface area (Å²) in [6, 6.07) is 5.00. The van der Waals surface area contributed by atoms with E-state index in [2.05, 4.69) is 0 Å². The third-order valence-corrected chi connectivity index (χ3v) is 8.29. The Morgan fingerprint density at radius 2 is 1.76 bits per heavy atom.